The number of benzene rings is 2. The summed E-state index contributed by atoms with van der Waals surface area (Å²) in [5.74, 6) is 0.592. The van der Waals surface area contributed by atoms with Gasteiger partial charge in [0, 0.05) is 42.8 Å². The molecule has 0 aliphatic carbocycles. The van der Waals surface area contributed by atoms with Gasteiger partial charge in [-0.3, -0.25) is 9.78 Å². The molecule has 1 aliphatic heterocycles. The van der Waals surface area contributed by atoms with Crippen LogP contribution in [0.25, 0.3) is 22.2 Å². The van der Waals surface area contributed by atoms with E-state index in [1.54, 1.807) is 37.6 Å². The minimum absolute atomic E-state index is 0.281. The third-order valence-electron chi connectivity index (χ3n) is 6.27. The fourth-order valence-electron chi connectivity index (χ4n) is 4.42. The Kier molecular flexibility index (Phi) is 6.90. The second-order valence-electron chi connectivity index (χ2n) is 8.94. The summed E-state index contributed by atoms with van der Waals surface area (Å²) < 4.78 is 38.6. The number of rotatable bonds is 7. The Balaban J connectivity index is 1.38. The summed E-state index contributed by atoms with van der Waals surface area (Å²) in [7, 11) is 1.54. The highest BCUT2D eigenvalue weighted by Gasteiger charge is 2.17. The van der Waals surface area contributed by atoms with Crippen LogP contribution in [0.3, 0.4) is 0 Å². The quantitative estimate of drug-likeness (QED) is 0.401. The molecule has 1 fully saturated rings. The Bertz CT molecular complexity index is 1410. The number of aromatic nitrogens is 3. The van der Waals surface area contributed by atoms with Crippen LogP contribution < -0.4 is 20.3 Å². The summed E-state index contributed by atoms with van der Waals surface area (Å²) in [4.78, 5) is 24.6. The van der Waals surface area contributed by atoms with Gasteiger partial charge >= 0.3 is 0 Å². The van der Waals surface area contributed by atoms with Crippen LogP contribution >= 0.6 is 0 Å². The maximum Gasteiger partial charge on any atom is 0.258 e. The Morgan fingerprint density at radius 2 is 1.92 bits per heavy atom. The van der Waals surface area contributed by atoms with Crippen molar-refractivity contribution in [1.82, 2.24) is 20.3 Å². The lowest BCUT2D eigenvalue weighted by Crippen LogP contribution is -2.33. The number of hydrogen-bond donors (Lipinski definition) is 2. The molecular weight excluding hydrogens is 466 g/mol. The predicted octanol–water partition coefficient (Wildman–Crippen LogP) is 4.24. The average Bonchev–Trinajstić information content (AvgIpc) is 2.87. The number of pyridine rings is 1. The van der Waals surface area contributed by atoms with Gasteiger partial charge in [-0.05, 0) is 49.2 Å². The highest BCUT2D eigenvalue weighted by atomic mass is 19.1. The number of ether oxygens (including phenoxy) is 2. The molecule has 0 saturated carbocycles. The van der Waals surface area contributed by atoms with Crippen LogP contribution in [0.4, 0.5) is 8.78 Å². The Hall–Kier alpha value is -3.85. The number of aromatic amines is 1. The van der Waals surface area contributed by atoms with Gasteiger partial charge < -0.3 is 19.8 Å². The van der Waals surface area contributed by atoms with Crippen molar-refractivity contribution in [2.75, 3.05) is 26.8 Å². The molecule has 9 heteroatoms. The third kappa shape index (κ3) is 5.36. The second-order valence-corrected chi connectivity index (χ2v) is 8.94. The molecule has 0 radical (unpaired) electrons. The van der Waals surface area contributed by atoms with E-state index in [1.807, 2.05) is 0 Å². The lowest BCUT2D eigenvalue weighted by atomic mass is 10.0. The maximum absolute atomic E-state index is 13.5. The molecule has 2 N–H and O–H groups in total. The Labute approximate surface area is 206 Å². The zero-order chi connectivity index (χ0) is 25.1. The monoisotopic (exact) mass is 492 g/mol. The van der Waals surface area contributed by atoms with Crippen molar-refractivity contribution < 1.29 is 18.3 Å². The zero-order valence-corrected chi connectivity index (χ0v) is 19.8. The number of methoxy groups -OCH3 is 1. The lowest BCUT2D eigenvalue weighted by molar-refractivity contribution is 0.211. The molecule has 7 nitrogen and oxygen atoms in total. The van der Waals surface area contributed by atoms with Gasteiger partial charge in [-0.25, -0.2) is 13.8 Å². The molecule has 36 heavy (non-hydrogen) atoms. The van der Waals surface area contributed by atoms with E-state index >= 15 is 0 Å². The van der Waals surface area contributed by atoms with E-state index in [4.69, 9.17) is 9.47 Å². The number of halogens is 2. The first kappa shape index (κ1) is 23.9. The van der Waals surface area contributed by atoms with Crippen LogP contribution in [-0.2, 0) is 6.42 Å². The summed E-state index contributed by atoms with van der Waals surface area (Å²) in [6.07, 6.45) is 4.15. The van der Waals surface area contributed by atoms with E-state index in [-0.39, 0.29) is 5.56 Å². The van der Waals surface area contributed by atoms with Crippen molar-refractivity contribution in [3.63, 3.8) is 0 Å². The van der Waals surface area contributed by atoms with E-state index < -0.39 is 11.6 Å². The predicted molar refractivity (Wildman–Crippen MR) is 132 cm³/mol. The van der Waals surface area contributed by atoms with E-state index in [9.17, 15) is 13.6 Å². The molecule has 4 aromatic rings. The van der Waals surface area contributed by atoms with Gasteiger partial charge in [0.25, 0.3) is 5.56 Å². The molecular formula is C27H26F2N4O3. The van der Waals surface area contributed by atoms with Crippen molar-refractivity contribution in [1.29, 1.82) is 0 Å². The fourth-order valence-corrected chi connectivity index (χ4v) is 4.42. The van der Waals surface area contributed by atoms with Crippen LogP contribution in [0.5, 0.6) is 11.5 Å². The number of piperidine rings is 1. The molecule has 186 valence electrons. The highest BCUT2D eigenvalue weighted by Crippen LogP contribution is 2.31. The van der Waals surface area contributed by atoms with Crippen molar-refractivity contribution >= 4 is 10.9 Å². The van der Waals surface area contributed by atoms with Crippen LogP contribution in [-0.4, -0.2) is 41.8 Å². The van der Waals surface area contributed by atoms with Gasteiger partial charge in [0.15, 0.2) is 11.5 Å². The van der Waals surface area contributed by atoms with E-state index in [0.29, 0.717) is 58.4 Å². The van der Waals surface area contributed by atoms with Crippen LogP contribution in [0.2, 0.25) is 0 Å². The standard InChI is InChI=1S/C27H26F2N4O3/c1-35-24-11-21-23(12-25(24)36-15-17-3-2-6-30-13-17)32-26(33-27(21)34)7-16-4-5-22(31-14-16)18-8-19(28)10-20(29)9-18/h4-5,8-12,14,17,30H,2-3,6-7,13,15H2,1H3,(H,32,33,34). The minimum Gasteiger partial charge on any atom is -0.493 e. The number of nitrogens with one attached hydrogen (secondary N) is 2. The van der Waals surface area contributed by atoms with Crippen molar-refractivity contribution in [3.8, 4) is 22.8 Å². The second kappa shape index (κ2) is 10.4. The van der Waals surface area contributed by atoms with E-state index in [0.717, 1.165) is 37.6 Å². The minimum atomic E-state index is -0.663. The molecule has 3 heterocycles. The maximum atomic E-state index is 13.5. The van der Waals surface area contributed by atoms with Crippen molar-refractivity contribution in [2.24, 2.45) is 5.92 Å². The summed E-state index contributed by atoms with van der Waals surface area (Å²) in [6.45, 7) is 2.50. The van der Waals surface area contributed by atoms with Gasteiger partial charge in [0.05, 0.1) is 30.3 Å². The van der Waals surface area contributed by atoms with Crippen molar-refractivity contribution in [2.45, 2.75) is 19.3 Å². The molecule has 1 aliphatic rings. The number of hydrogen-bond acceptors (Lipinski definition) is 6. The molecule has 1 atom stereocenters. The molecule has 2 aromatic carbocycles. The SMILES string of the molecule is COc1cc2c(=O)[nH]c(Cc3ccc(-c4cc(F)cc(F)c4)nc3)nc2cc1OCC1CCCNC1. The first-order chi connectivity index (χ1) is 17.5. The van der Waals surface area contributed by atoms with Gasteiger partial charge in [-0.15, -0.1) is 0 Å². The normalized spacial score (nSPS) is 15.7. The molecule has 0 bridgehead atoms. The first-order valence-electron chi connectivity index (χ1n) is 11.8. The molecule has 2 aromatic heterocycles. The van der Waals surface area contributed by atoms with E-state index in [1.165, 1.54) is 12.1 Å². The summed E-state index contributed by atoms with van der Waals surface area (Å²) in [6, 6.07) is 10.1. The highest BCUT2D eigenvalue weighted by molar-refractivity contribution is 5.81. The average molecular weight is 493 g/mol. The molecule has 0 spiro atoms. The first-order valence-corrected chi connectivity index (χ1v) is 11.8. The van der Waals surface area contributed by atoms with Gasteiger partial charge in [0.1, 0.15) is 17.5 Å². The van der Waals surface area contributed by atoms with Crippen LogP contribution in [0, 0.1) is 17.6 Å². The topological polar surface area (TPSA) is 89.1 Å². The lowest BCUT2D eigenvalue weighted by Gasteiger charge is -2.23. The third-order valence-corrected chi connectivity index (χ3v) is 6.27. The summed E-state index contributed by atoms with van der Waals surface area (Å²) >= 11 is 0. The molecule has 1 unspecified atom stereocenters. The number of nitrogens with zero attached hydrogens (tertiary/aromatic N) is 2. The molecule has 1 saturated heterocycles. The smallest absolute Gasteiger partial charge is 0.258 e. The molecule has 0 amide bonds. The number of H-pyrrole nitrogens is 1. The van der Waals surface area contributed by atoms with Crippen LogP contribution in [0.1, 0.15) is 24.2 Å². The number of fused-ring (bicyclic) bond motifs is 1. The fraction of sp³-hybridized carbons (Fsp3) is 0.296. The van der Waals surface area contributed by atoms with E-state index in [2.05, 4.69) is 20.3 Å². The summed E-state index contributed by atoms with van der Waals surface area (Å²) in [5.41, 5.74) is 1.80. The largest absolute Gasteiger partial charge is 0.493 e. The Morgan fingerprint density at radius 1 is 1.08 bits per heavy atom. The summed E-state index contributed by atoms with van der Waals surface area (Å²) in [5, 5.41) is 3.78. The van der Waals surface area contributed by atoms with Gasteiger partial charge in [0.2, 0.25) is 0 Å². The van der Waals surface area contributed by atoms with Gasteiger partial charge in [-0.2, -0.15) is 0 Å². The van der Waals surface area contributed by atoms with Gasteiger partial charge in [-0.1, -0.05) is 6.07 Å². The Morgan fingerprint density at radius 3 is 2.61 bits per heavy atom. The van der Waals surface area contributed by atoms with Crippen LogP contribution in [0.15, 0.2) is 53.5 Å². The van der Waals surface area contributed by atoms with Crippen molar-refractivity contribution in [3.05, 3.63) is 82.0 Å². The zero-order valence-electron chi connectivity index (χ0n) is 19.8. The molecule has 5 rings (SSSR count).